The number of ether oxygens (including phenoxy) is 1. The zero-order valence-electron chi connectivity index (χ0n) is 15.9. The minimum absolute atomic E-state index is 0.0793. The van der Waals surface area contributed by atoms with E-state index in [1.54, 1.807) is 12.1 Å². The minimum Gasteiger partial charge on any atom is -0.454 e. The maximum absolute atomic E-state index is 12.2. The Morgan fingerprint density at radius 3 is 2.45 bits per heavy atom. The lowest BCUT2D eigenvalue weighted by molar-refractivity contribution is -0.147. The zero-order chi connectivity index (χ0) is 20.6. The summed E-state index contributed by atoms with van der Waals surface area (Å²) in [6.07, 6.45) is 3.91. The van der Waals surface area contributed by atoms with Crippen molar-refractivity contribution in [3.63, 3.8) is 0 Å². The number of fused-ring (bicyclic) bond motifs is 1. The van der Waals surface area contributed by atoms with Gasteiger partial charge >= 0.3 is 12.0 Å². The largest absolute Gasteiger partial charge is 0.454 e. The van der Waals surface area contributed by atoms with E-state index in [0.717, 1.165) is 36.5 Å². The van der Waals surface area contributed by atoms with E-state index in [2.05, 4.69) is 16.0 Å². The molecule has 2 aromatic rings. The van der Waals surface area contributed by atoms with E-state index >= 15 is 0 Å². The van der Waals surface area contributed by atoms with Gasteiger partial charge in [0.2, 0.25) is 0 Å². The number of urea groups is 1. The summed E-state index contributed by atoms with van der Waals surface area (Å²) in [6.45, 7) is -0.976. The normalized spacial score (nSPS) is 13.7. The van der Waals surface area contributed by atoms with Crippen LogP contribution in [0.2, 0.25) is 0 Å². The second-order valence-electron chi connectivity index (χ2n) is 6.91. The first kappa shape index (κ1) is 20.3. The molecule has 1 aliphatic rings. The molecule has 8 nitrogen and oxygen atoms in total. The minimum atomic E-state index is -0.773. The molecule has 0 atom stereocenters. The molecular weight excluding hydrogens is 374 g/mol. The van der Waals surface area contributed by atoms with Crippen LogP contribution in [0, 0.1) is 0 Å². The molecular formula is C21H23N3O5. The Morgan fingerprint density at radius 1 is 0.966 bits per heavy atom. The van der Waals surface area contributed by atoms with Crippen LogP contribution in [0.15, 0.2) is 42.5 Å². The second-order valence-corrected chi connectivity index (χ2v) is 6.91. The summed E-state index contributed by atoms with van der Waals surface area (Å²) in [5.74, 6) is -1.92. The molecule has 2 aromatic carbocycles. The highest BCUT2D eigenvalue weighted by Crippen LogP contribution is 2.17. The molecule has 3 N–H and O–H groups in total. The standard InChI is InChI=1S/C21H23N3O5/c25-18(24-21(28)23-17-7-3-4-8-17)13-29-19(26)12-22-20(27)16-10-9-14-5-1-2-6-15(14)11-16/h1-2,5-6,9-11,17H,3-4,7-8,12-13H2,(H,22,27)(H2,23,24,25,28). The summed E-state index contributed by atoms with van der Waals surface area (Å²) in [4.78, 5) is 47.3. The number of carbonyl (C=O) groups is 4. The summed E-state index contributed by atoms with van der Waals surface area (Å²) in [5.41, 5.74) is 0.415. The molecule has 0 saturated heterocycles. The van der Waals surface area contributed by atoms with Gasteiger partial charge in [-0.1, -0.05) is 43.2 Å². The molecule has 0 radical (unpaired) electrons. The molecule has 0 heterocycles. The Balaban J connectivity index is 1.37. The highest BCUT2D eigenvalue weighted by molar-refractivity contribution is 6.00. The fraction of sp³-hybridized carbons (Fsp3) is 0.333. The summed E-state index contributed by atoms with van der Waals surface area (Å²) in [7, 11) is 0. The van der Waals surface area contributed by atoms with Crippen LogP contribution in [-0.4, -0.2) is 43.0 Å². The van der Waals surface area contributed by atoms with Gasteiger partial charge in [0.1, 0.15) is 6.54 Å². The van der Waals surface area contributed by atoms with Gasteiger partial charge in [0.15, 0.2) is 6.61 Å². The van der Waals surface area contributed by atoms with Crippen molar-refractivity contribution in [3.8, 4) is 0 Å². The number of benzene rings is 2. The van der Waals surface area contributed by atoms with Gasteiger partial charge < -0.3 is 15.4 Å². The van der Waals surface area contributed by atoms with Crippen LogP contribution in [0.1, 0.15) is 36.0 Å². The number of hydrogen-bond donors (Lipinski definition) is 3. The van der Waals surface area contributed by atoms with Crippen molar-refractivity contribution in [2.24, 2.45) is 0 Å². The Kier molecular flexibility index (Phi) is 6.78. The molecule has 1 saturated carbocycles. The molecule has 0 spiro atoms. The van der Waals surface area contributed by atoms with Crippen molar-refractivity contribution in [3.05, 3.63) is 48.0 Å². The van der Waals surface area contributed by atoms with Gasteiger partial charge in [-0.3, -0.25) is 19.7 Å². The van der Waals surface area contributed by atoms with Crippen molar-refractivity contribution in [2.45, 2.75) is 31.7 Å². The molecule has 152 valence electrons. The van der Waals surface area contributed by atoms with Crippen LogP contribution in [0.5, 0.6) is 0 Å². The van der Waals surface area contributed by atoms with Crippen LogP contribution in [0.3, 0.4) is 0 Å². The number of imide groups is 1. The third-order valence-electron chi connectivity index (χ3n) is 4.71. The van der Waals surface area contributed by atoms with Crippen LogP contribution in [0.25, 0.3) is 10.8 Å². The third-order valence-corrected chi connectivity index (χ3v) is 4.71. The van der Waals surface area contributed by atoms with Gasteiger partial charge in [-0.2, -0.15) is 0 Å². The average Bonchev–Trinajstić information content (AvgIpc) is 3.22. The number of amides is 4. The number of nitrogens with one attached hydrogen (secondary N) is 3. The van der Waals surface area contributed by atoms with E-state index in [1.165, 1.54) is 0 Å². The molecule has 4 amide bonds. The predicted octanol–water partition coefficient (Wildman–Crippen LogP) is 1.88. The Hall–Kier alpha value is -3.42. The summed E-state index contributed by atoms with van der Waals surface area (Å²) >= 11 is 0. The number of hydrogen-bond acceptors (Lipinski definition) is 5. The van der Waals surface area contributed by atoms with Crippen LogP contribution in [-0.2, 0) is 14.3 Å². The lowest BCUT2D eigenvalue weighted by atomic mass is 10.1. The zero-order valence-corrected chi connectivity index (χ0v) is 15.9. The Morgan fingerprint density at radius 2 is 1.69 bits per heavy atom. The summed E-state index contributed by atoms with van der Waals surface area (Å²) in [6, 6.07) is 12.3. The molecule has 0 unspecified atom stereocenters. The average molecular weight is 397 g/mol. The van der Waals surface area contributed by atoms with E-state index in [4.69, 9.17) is 4.74 Å². The fourth-order valence-electron chi connectivity index (χ4n) is 3.24. The van der Waals surface area contributed by atoms with E-state index in [0.29, 0.717) is 5.56 Å². The lowest BCUT2D eigenvalue weighted by Gasteiger charge is -2.12. The van der Waals surface area contributed by atoms with Gasteiger partial charge in [-0.25, -0.2) is 4.79 Å². The Labute approximate surface area is 168 Å². The molecule has 8 heteroatoms. The first-order valence-electron chi connectivity index (χ1n) is 9.54. The number of esters is 1. The molecule has 1 aliphatic carbocycles. The molecule has 0 aliphatic heterocycles. The molecule has 1 fully saturated rings. The smallest absolute Gasteiger partial charge is 0.325 e. The molecule has 0 bridgehead atoms. The van der Waals surface area contributed by atoms with Gasteiger partial charge in [-0.05, 0) is 35.7 Å². The van der Waals surface area contributed by atoms with Crippen LogP contribution >= 0.6 is 0 Å². The molecule has 3 rings (SSSR count). The summed E-state index contributed by atoms with van der Waals surface area (Å²) in [5, 5.41) is 9.19. The van der Waals surface area contributed by atoms with Crippen LogP contribution in [0.4, 0.5) is 4.79 Å². The summed E-state index contributed by atoms with van der Waals surface area (Å²) < 4.78 is 4.79. The highest BCUT2D eigenvalue weighted by Gasteiger charge is 2.18. The second kappa shape index (κ2) is 9.68. The van der Waals surface area contributed by atoms with Gasteiger partial charge in [0.05, 0.1) is 0 Å². The van der Waals surface area contributed by atoms with Crippen molar-refractivity contribution >= 4 is 34.6 Å². The van der Waals surface area contributed by atoms with E-state index in [9.17, 15) is 19.2 Å². The molecule has 29 heavy (non-hydrogen) atoms. The molecule has 0 aromatic heterocycles. The number of carbonyl (C=O) groups excluding carboxylic acids is 4. The van der Waals surface area contributed by atoms with E-state index in [1.807, 2.05) is 30.3 Å². The van der Waals surface area contributed by atoms with Crippen molar-refractivity contribution in [1.29, 1.82) is 0 Å². The fourth-order valence-corrected chi connectivity index (χ4v) is 3.24. The topological polar surface area (TPSA) is 114 Å². The first-order chi connectivity index (χ1) is 14.0. The number of rotatable bonds is 6. The SMILES string of the molecule is O=C(COC(=O)CNC(=O)c1ccc2ccccc2c1)NC(=O)NC1CCCC1. The maximum Gasteiger partial charge on any atom is 0.325 e. The monoisotopic (exact) mass is 397 g/mol. The van der Waals surface area contributed by atoms with Gasteiger partial charge in [0.25, 0.3) is 11.8 Å². The van der Waals surface area contributed by atoms with Gasteiger partial charge in [-0.15, -0.1) is 0 Å². The van der Waals surface area contributed by atoms with Crippen molar-refractivity contribution < 1.29 is 23.9 Å². The van der Waals surface area contributed by atoms with Crippen molar-refractivity contribution in [2.75, 3.05) is 13.2 Å². The first-order valence-corrected chi connectivity index (χ1v) is 9.54. The Bertz CT molecular complexity index is 921. The quantitative estimate of drug-likeness (QED) is 0.644. The van der Waals surface area contributed by atoms with E-state index < -0.39 is 30.4 Å². The maximum atomic E-state index is 12.2. The lowest BCUT2D eigenvalue weighted by Crippen LogP contribution is -2.45. The highest BCUT2D eigenvalue weighted by atomic mass is 16.5. The third kappa shape index (κ3) is 6.03. The predicted molar refractivity (Wildman–Crippen MR) is 106 cm³/mol. The van der Waals surface area contributed by atoms with E-state index in [-0.39, 0.29) is 12.6 Å². The van der Waals surface area contributed by atoms with Crippen LogP contribution < -0.4 is 16.0 Å². The van der Waals surface area contributed by atoms with Crippen molar-refractivity contribution in [1.82, 2.24) is 16.0 Å². The van der Waals surface area contributed by atoms with Gasteiger partial charge in [0, 0.05) is 11.6 Å².